The predicted molar refractivity (Wildman–Crippen MR) is 102 cm³/mol. The number of benzene rings is 2. The van der Waals surface area contributed by atoms with E-state index in [0.717, 1.165) is 22.4 Å². The van der Waals surface area contributed by atoms with Gasteiger partial charge in [0.2, 0.25) is 0 Å². The van der Waals surface area contributed by atoms with Gasteiger partial charge in [-0.1, -0.05) is 54.6 Å². The highest BCUT2D eigenvalue weighted by atomic mass is 16.5. The number of aliphatic hydroxyl groups excluding tert-OH is 1. The minimum Gasteiger partial charge on any atom is -0.422 e. The zero-order valence-corrected chi connectivity index (χ0v) is 15.2. The molecule has 2 aromatic carbocycles. The molecule has 0 spiro atoms. The standard InChI is InChI=1S/C22H20N2O3/c1-14-21(15(2)24(23-14)13-16-8-4-3-5-9-16)22(26)27-20-12-19(25)17-10-6-7-11-18(17)20/h3-12,19,25H,13H2,1-2H3. The molecule has 5 nitrogen and oxygen atoms in total. The number of rotatable bonds is 4. The third kappa shape index (κ3) is 3.17. The maximum atomic E-state index is 12.8. The van der Waals surface area contributed by atoms with E-state index in [1.54, 1.807) is 13.0 Å². The van der Waals surface area contributed by atoms with E-state index in [9.17, 15) is 9.90 Å². The second-order valence-corrected chi connectivity index (χ2v) is 6.64. The normalized spacial score (nSPS) is 15.4. The largest absolute Gasteiger partial charge is 0.422 e. The lowest BCUT2D eigenvalue weighted by Crippen LogP contribution is -2.08. The maximum absolute atomic E-state index is 12.8. The Morgan fingerprint density at radius 2 is 1.81 bits per heavy atom. The Morgan fingerprint density at radius 1 is 1.11 bits per heavy atom. The second-order valence-electron chi connectivity index (χ2n) is 6.64. The van der Waals surface area contributed by atoms with Crippen molar-refractivity contribution in [3.05, 3.63) is 94.3 Å². The highest BCUT2D eigenvalue weighted by Gasteiger charge is 2.27. The lowest BCUT2D eigenvalue weighted by molar-refractivity contribution is 0.0690. The van der Waals surface area contributed by atoms with Crippen molar-refractivity contribution in [1.29, 1.82) is 0 Å². The molecule has 0 bridgehead atoms. The van der Waals surface area contributed by atoms with Gasteiger partial charge in [-0.05, 0) is 31.1 Å². The average molecular weight is 360 g/mol. The van der Waals surface area contributed by atoms with Crippen molar-refractivity contribution in [1.82, 2.24) is 9.78 Å². The molecule has 0 radical (unpaired) electrons. The highest BCUT2D eigenvalue weighted by Crippen LogP contribution is 2.35. The van der Waals surface area contributed by atoms with Gasteiger partial charge in [-0.25, -0.2) is 4.79 Å². The average Bonchev–Trinajstić information content (AvgIpc) is 3.12. The molecule has 4 rings (SSSR count). The zero-order chi connectivity index (χ0) is 19.0. The van der Waals surface area contributed by atoms with Gasteiger partial charge in [-0.15, -0.1) is 0 Å². The van der Waals surface area contributed by atoms with Crippen LogP contribution in [0.2, 0.25) is 0 Å². The Balaban J connectivity index is 1.59. The first-order valence-corrected chi connectivity index (χ1v) is 8.84. The molecule has 1 heterocycles. The summed E-state index contributed by atoms with van der Waals surface area (Å²) in [6, 6.07) is 17.3. The molecule has 1 aromatic heterocycles. The van der Waals surface area contributed by atoms with Gasteiger partial charge in [0, 0.05) is 5.56 Å². The number of aromatic nitrogens is 2. The quantitative estimate of drug-likeness (QED) is 0.719. The van der Waals surface area contributed by atoms with Crippen LogP contribution >= 0.6 is 0 Å². The Hall–Kier alpha value is -3.18. The molecule has 5 heteroatoms. The summed E-state index contributed by atoms with van der Waals surface area (Å²) in [6.07, 6.45) is 0.800. The van der Waals surface area contributed by atoms with E-state index in [1.807, 2.05) is 66.2 Å². The van der Waals surface area contributed by atoms with Gasteiger partial charge in [0.1, 0.15) is 17.4 Å². The third-order valence-corrected chi connectivity index (χ3v) is 4.82. The first-order valence-electron chi connectivity index (χ1n) is 8.84. The van der Waals surface area contributed by atoms with Crippen molar-refractivity contribution in [2.45, 2.75) is 26.5 Å². The number of carbonyl (C=O) groups is 1. The Kier molecular flexibility index (Phi) is 4.38. The SMILES string of the molecule is Cc1nn(Cc2ccccc2)c(C)c1C(=O)OC1=CC(O)c2ccccc21. The molecule has 3 aromatic rings. The topological polar surface area (TPSA) is 64.4 Å². The number of aryl methyl sites for hydroxylation is 1. The van der Waals surface area contributed by atoms with E-state index in [2.05, 4.69) is 5.10 Å². The summed E-state index contributed by atoms with van der Waals surface area (Å²) >= 11 is 0. The number of esters is 1. The summed E-state index contributed by atoms with van der Waals surface area (Å²) in [4.78, 5) is 12.8. The van der Waals surface area contributed by atoms with Crippen LogP contribution in [0.1, 0.15) is 44.5 Å². The van der Waals surface area contributed by atoms with Crippen LogP contribution in [0, 0.1) is 13.8 Å². The molecule has 1 aliphatic carbocycles. The lowest BCUT2D eigenvalue weighted by atomic mass is 10.1. The van der Waals surface area contributed by atoms with Crippen LogP contribution in [0.25, 0.3) is 5.76 Å². The van der Waals surface area contributed by atoms with Crippen LogP contribution in [-0.2, 0) is 11.3 Å². The molecule has 1 unspecified atom stereocenters. The fourth-order valence-electron chi connectivity index (χ4n) is 3.44. The van der Waals surface area contributed by atoms with Crippen molar-refractivity contribution in [3.8, 4) is 0 Å². The number of nitrogens with zero attached hydrogens (tertiary/aromatic N) is 2. The smallest absolute Gasteiger partial charge is 0.347 e. The van der Waals surface area contributed by atoms with Gasteiger partial charge >= 0.3 is 5.97 Å². The summed E-state index contributed by atoms with van der Waals surface area (Å²) in [5, 5.41) is 14.6. The molecular weight excluding hydrogens is 340 g/mol. The van der Waals surface area contributed by atoms with E-state index < -0.39 is 12.1 Å². The summed E-state index contributed by atoms with van der Waals surface area (Å²) < 4.78 is 7.44. The first kappa shape index (κ1) is 17.2. The minimum absolute atomic E-state index is 0.387. The van der Waals surface area contributed by atoms with Gasteiger partial charge in [-0.2, -0.15) is 5.10 Å². The van der Waals surface area contributed by atoms with E-state index in [4.69, 9.17) is 4.74 Å². The predicted octanol–water partition coefficient (Wildman–Crippen LogP) is 3.79. The molecule has 0 saturated heterocycles. The molecular formula is C22H20N2O3. The number of hydrogen-bond acceptors (Lipinski definition) is 4. The molecule has 27 heavy (non-hydrogen) atoms. The van der Waals surface area contributed by atoms with Crippen LogP contribution in [0.4, 0.5) is 0 Å². The summed E-state index contributed by atoms with van der Waals surface area (Å²) in [5.41, 5.74) is 4.44. The fraction of sp³-hybridized carbons (Fsp3) is 0.182. The van der Waals surface area contributed by atoms with Crippen molar-refractivity contribution >= 4 is 11.7 Å². The molecule has 0 fully saturated rings. The van der Waals surface area contributed by atoms with Crippen LogP contribution in [-0.4, -0.2) is 20.9 Å². The zero-order valence-electron chi connectivity index (χ0n) is 15.2. The maximum Gasteiger partial charge on any atom is 0.347 e. The van der Waals surface area contributed by atoms with Crippen LogP contribution in [0.15, 0.2) is 60.7 Å². The van der Waals surface area contributed by atoms with E-state index >= 15 is 0 Å². The highest BCUT2D eigenvalue weighted by molar-refractivity contribution is 5.95. The second kappa shape index (κ2) is 6.85. The minimum atomic E-state index is -0.757. The number of ether oxygens (including phenoxy) is 1. The van der Waals surface area contributed by atoms with Crippen molar-refractivity contribution in [2.24, 2.45) is 0 Å². The van der Waals surface area contributed by atoms with Gasteiger partial charge < -0.3 is 9.84 Å². The van der Waals surface area contributed by atoms with Crippen molar-refractivity contribution in [3.63, 3.8) is 0 Å². The van der Waals surface area contributed by atoms with E-state index in [-0.39, 0.29) is 0 Å². The monoisotopic (exact) mass is 360 g/mol. The molecule has 1 atom stereocenters. The van der Waals surface area contributed by atoms with E-state index in [1.165, 1.54) is 0 Å². The molecule has 136 valence electrons. The summed E-state index contributed by atoms with van der Waals surface area (Å²) in [7, 11) is 0. The number of aliphatic hydroxyl groups is 1. The van der Waals surface area contributed by atoms with Crippen molar-refractivity contribution in [2.75, 3.05) is 0 Å². The summed E-state index contributed by atoms with van der Waals surface area (Å²) in [6.45, 7) is 4.26. The Bertz CT molecular complexity index is 1030. The van der Waals surface area contributed by atoms with Gasteiger partial charge in [0.25, 0.3) is 0 Å². The lowest BCUT2D eigenvalue weighted by Gasteiger charge is -2.08. The fourth-order valence-corrected chi connectivity index (χ4v) is 3.44. The van der Waals surface area contributed by atoms with Crippen LogP contribution < -0.4 is 0 Å². The number of carbonyl (C=O) groups excluding carboxylic acids is 1. The molecule has 0 aliphatic heterocycles. The third-order valence-electron chi connectivity index (χ3n) is 4.82. The van der Waals surface area contributed by atoms with E-state index in [0.29, 0.717) is 23.6 Å². The van der Waals surface area contributed by atoms with Crippen LogP contribution in [0.5, 0.6) is 0 Å². The number of fused-ring (bicyclic) bond motifs is 1. The summed E-state index contributed by atoms with van der Waals surface area (Å²) in [5.74, 6) is -0.0721. The van der Waals surface area contributed by atoms with Crippen molar-refractivity contribution < 1.29 is 14.6 Å². The Labute approximate surface area is 157 Å². The molecule has 0 saturated carbocycles. The molecule has 1 aliphatic rings. The molecule has 0 amide bonds. The Morgan fingerprint density at radius 3 is 2.59 bits per heavy atom. The van der Waals surface area contributed by atoms with Gasteiger partial charge in [-0.3, -0.25) is 4.68 Å². The first-order chi connectivity index (χ1) is 13.0. The molecule has 1 N–H and O–H groups in total. The van der Waals surface area contributed by atoms with Crippen LogP contribution in [0.3, 0.4) is 0 Å². The number of hydrogen-bond donors (Lipinski definition) is 1. The van der Waals surface area contributed by atoms with Gasteiger partial charge in [0.05, 0.1) is 17.9 Å². The van der Waals surface area contributed by atoms with Gasteiger partial charge in [0.15, 0.2) is 0 Å².